The Hall–Kier alpha value is -1.43. The zero-order chi connectivity index (χ0) is 17.5. The molecule has 1 aromatic carbocycles. The molecule has 5 heteroatoms. The number of nitrogens with two attached hydrogens (primary N) is 1. The van der Waals surface area contributed by atoms with Crippen molar-refractivity contribution in [3.8, 4) is 0 Å². The maximum atomic E-state index is 12.0. The van der Waals surface area contributed by atoms with Crippen molar-refractivity contribution in [2.24, 2.45) is 11.7 Å². The minimum absolute atomic E-state index is 0.0583. The Morgan fingerprint density at radius 3 is 2.67 bits per heavy atom. The lowest BCUT2D eigenvalue weighted by Gasteiger charge is -2.40. The maximum Gasteiger partial charge on any atom is 0.224 e. The summed E-state index contributed by atoms with van der Waals surface area (Å²) in [4.78, 5) is 16.9. The van der Waals surface area contributed by atoms with E-state index < -0.39 is 0 Å². The first-order valence-corrected chi connectivity index (χ1v) is 9.00. The van der Waals surface area contributed by atoms with Gasteiger partial charge in [0.25, 0.3) is 0 Å². The van der Waals surface area contributed by atoms with Gasteiger partial charge < -0.3 is 16.0 Å². The Balaban J connectivity index is 1.83. The van der Waals surface area contributed by atoms with E-state index in [9.17, 15) is 4.79 Å². The quantitative estimate of drug-likeness (QED) is 0.742. The average Bonchev–Trinajstić information content (AvgIpc) is 2.59. The SMILES string of the molecule is CC(N)C(C)C(=O)NCCCN1CCN(C)CC1c1ccccc1. The Bertz CT molecular complexity index is 505. The van der Waals surface area contributed by atoms with Crippen molar-refractivity contribution in [2.45, 2.75) is 32.4 Å². The molecule has 3 atom stereocenters. The summed E-state index contributed by atoms with van der Waals surface area (Å²) < 4.78 is 0. The summed E-state index contributed by atoms with van der Waals surface area (Å²) in [6.07, 6.45) is 0.963. The number of piperazine rings is 1. The largest absolute Gasteiger partial charge is 0.356 e. The van der Waals surface area contributed by atoms with Gasteiger partial charge in [-0.2, -0.15) is 0 Å². The summed E-state index contributed by atoms with van der Waals surface area (Å²) in [5.41, 5.74) is 7.15. The van der Waals surface area contributed by atoms with Gasteiger partial charge in [0.05, 0.1) is 0 Å². The molecule has 134 valence electrons. The summed E-state index contributed by atoms with van der Waals surface area (Å²) in [7, 11) is 2.18. The predicted octanol–water partition coefficient (Wildman–Crippen LogP) is 1.46. The first-order valence-electron chi connectivity index (χ1n) is 9.00. The smallest absolute Gasteiger partial charge is 0.224 e. The molecule has 3 unspecified atom stereocenters. The van der Waals surface area contributed by atoms with Crippen molar-refractivity contribution in [1.29, 1.82) is 0 Å². The Kier molecular flexibility index (Phi) is 7.21. The number of hydrogen-bond acceptors (Lipinski definition) is 4. The van der Waals surface area contributed by atoms with Gasteiger partial charge in [0.15, 0.2) is 0 Å². The zero-order valence-corrected chi connectivity index (χ0v) is 15.2. The summed E-state index contributed by atoms with van der Waals surface area (Å²) in [6.45, 7) is 8.69. The lowest BCUT2D eigenvalue weighted by atomic mass is 10.0. The molecular formula is C19H32N4O. The van der Waals surface area contributed by atoms with E-state index in [1.165, 1.54) is 5.56 Å². The molecule has 1 fully saturated rings. The van der Waals surface area contributed by atoms with Gasteiger partial charge >= 0.3 is 0 Å². The second kappa shape index (κ2) is 9.16. The van der Waals surface area contributed by atoms with E-state index in [1.54, 1.807) is 0 Å². The molecule has 24 heavy (non-hydrogen) atoms. The molecule has 0 spiro atoms. The van der Waals surface area contributed by atoms with Gasteiger partial charge in [-0.15, -0.1) is 0 Å². The van der Waals surface area contributed by atoms with Crippen LogP contribution in [0.1, 0.15) is 31.9 Å². The monoisotopic (exact) mass is 332 g/mol. The molecule has 1 aliphatic rings. The summed E-state index contributed by atoms with van der Waals surface area (Å²) >= 11 is 0. The molecule has 0 bridgehead atoms. The number of benzene rings is 1. The van der Waals surface area contributed by atoms with Crippen LogP contribution in [0.5, 0.6) is 0 Å². The number of carbonyl (C=O) groups excluding carboxylic acids is 1. The van der Waals surface area contributed by atoms with Gasteiger partial charge in [0.2, 0.25) is 5.91 Å². The number of nitrogens with one attached hydrogen (secondary N) is 1. The number of rotatable bonds is 7. The topological polar surface area (TPSA) is 61.6 Å². The predicted molar refractivity (Wildman–Crippen MR) is 98.7 cm³/mol. The second-order valence-corrected chi connectivity index (χ2v) is 7.02. The molecule has 0 saturated carbocycles. The van der Waals surface area contributed by atoms with Gasteiger partial charge in [-0.1, -0.05) is 37.3 Å². The summed E-state index contributed by atoms with van der Waals surface area (Å²) in [6, 6.07) is 11.0. The van der Waals surface area contributed by atoms with E-state index >= 15 is 0 Å². The second-order valence-electron chi connectivity index (χ2n) is 7.02. The highest BCUT2D eigenvalue weighted by Crippen LogP contribution is 2.24. The minimum Gasteiger partial charge on any atom is -0.356 e. The minimum atomic E-state index is -0.134. The van der Waals surface area contributed by atoms with E-state index in [2.05, 4.69) is 52.5 Å². The van der Waals surface area contributed by atoms with Gasteiger partial charge in [-0.25, -0.2) is 0 Å². The van der Waals surface area contributed by atoms with Crippen LogP contribution in [0.4, 0.5) is 0 Å². The molecular weight excluding hydrogens is 300 g/mol. The highest BCUT2D eigenvalue weighted by molar-refractivity contribution is 5.78. The van der Waals surface area contributed by atoms with Crippen LogP contribution in [0.3, 0.4) is 0 Å². The summed E-state index contributed by atoms with van der Waals surface area (Å²) in [5, 5.41) is 3.01. The van der Waals surface area contributed by atoms with Crippen LogP contribution >= 0.6 is 0 Å². The third-order valence-electron chi connectivity index (χ3n) is 5.00. The molecule has 0 aromatic heterocycles. The normalized spacial score (nSPS) is 22.1. The average molecular weight is 332 g/mol. The molecule has 1 heterocycles. The van der Waals surface area contributed by atoms with Crippen molar-refractivity contribution in [1.82, 2.24) is 15.1 Å². The maximum absolute atomic E-state index is 12.0. The number of carbonyl (C=O) groups is 1. The van der Waals surface area contributed by atoms with E-state index in [-0.39, 0.29) is 17.9 Å². The van der Waals surface area contributed by atoms with Gasteiger partial charge in [0, 0.05) is 50.7 Å². The number of hydrogen-bond donors (Lipinski definition) is 2. The fourth-order valence-electron chi connectivity index (χ4n) is 3.11. The molecule has 1 aromatic rings. The molecule has 1 saturated heterocycles. The fourth-order valence-corrected chi connectivity index (χ4v) is 3.11. The van der Waals surface area contributed by atoms with Crippen molar-refractivity contribution >= 4 is 5.91 Å². The van der Waals surface area contributed by atoms with Crippen LogP contribution in [-0.4, -0.2) is 61.5 Å². The van der Waals surface area contributed by atoms with Crippen LogP contribution in [-0.2, 0) is 4.79 Å². The van der Waals surface area contributed by atoms with Crippen molar-refractivity contribution in [3.63, 3.8) is 0 Å². The van der Waals surface area contributed by atoms with Crippen molar-refractivity contribution < 1.29 is 4.79 Å². The Labute approximate surface area is 146 Å². The van der Waals surface area contributed by atoms with Crippen LogP contribution in [0.15, 0.2) is 30.3 Å². The van der Waals surface area contributed by atoms with Gasteiger partial charge in [-0.05, 0) is 26.0 Å². The molecule has 0 aliphatic carbocycles. The molecule has 1 amide bonds. The standard InChI is InChI=1S/C19H32N4O/c1-15(16(2)20)19(24)21-10-7-11-23-13-12-22(3)14-18(23)17-8-5-4-6-9-17/h4-6,8-9,15-16,18H,7,10-14,20H2,1-3H3,(H,21,24). The van der Waals surface area contributed by atoms with Crippen LogP contribution < -0.4 is 11.1 Å². The number of likely N-dealkylation sites (N-methyl/N-ethyl adjacent to an activating group) is 1. The Morgan fingerprint density at radius 1 is 1.29 bits per heavy atom. The van der Waals surface area contributed by atoms with E-state index in [0.29, 0.717) is 12.6 Å². The molecule has 3 N–H and O–H groups in total. The first-order chi connectivity index (χ1) is 11.5. The van der Waals surface area contributed by atoms with Crippen molar-refractivity contribution in [2.75, 3.05) is 39.8 Å². The first kappa shape index (κ1) is 18.9. The third kappa shape index (κ3) is 5.30. The lowest BCUT2D eigenvalue weighted by molar-refractivity contribution is -0.124. The summed E-state index contributed by atoms with van der Waals surface area (Å²) in [5.74, 6) is -0.0753. The third-order valence-corrected chi connectivity index (χ3v) is 5.00. The number of amides is 1. The fraction of sp³-hybridized carbons (Fsp3) is 0.632. The van der Waals surface area contributed by atoms with Crippen molar-refractivity contribution in [3.05, 3.63) is 35.9 Å². The lowest BCUT2D eigenvalue weighted by Crippen LogP contribution is -2.47. The van der Waals surface area contributed by atoms with Crippen LogP contribution in [0, 0.1) is 5.92 Å². The van der Waals surface area contributed by atoms with Gasteiger partial charge in [-0.3, -0.25) is 9.69 Å². The molecule has 1 aliphatic heterocycles. The van der Waals surface area contributed by atoms with Crippen LogP contribution in [0.25, 0.3) is 0 Å². The molecule has 5 nitrogen and oxygen atoms in total. The zero-order valence-electron chi connectivity index (χ0n) is 15.2. The van der Waals surface area contributed by atoms with Crippen LogP contribution in [0.2, 0.25) is 0 Å². The van der Waals surface area contributed by atoms with E-state index in [0.717, 1.165) is 32.6 Å². The van der Waals surface area contributed by atoms with Gasteiger partial charge in [0.1, 0.15) is 0 Å². The van der Waals surface area contributed by atoms with E-state index in [1.807, 2.05) is 13.8 Å². The molecule has 2 rings (SSSR count). The highest BCUT2D eigenvalue weighted by atomic mass is 16.1. The number of nitrogens with zero attached hydrogens (tertiary/aromatic N) is 2. The van der Waals surface area contributed by atoms with E-state index in [4.69, 9.17) is 5.73 Å². The highest BCUT2D eigenvalue weighted by Gasteiger charge is 2.26. The molecule has 0 radical (unpaired) electrons. The Morgan fingerprint density at radius 2 is 2.00 bits per heavy atom.